The van der Waals surface area contributed by atoms with Crippen LogP contribution in [0.3, 0.4) is 0 Å². The lowest BCUT2D eigenvalue weighted by Gasteiger charge is -2.20. The highest BCUT2D eigenvalue weighted by atomic mass is 32.2. The van der Waals surface area contributed by atoms with Crippen LogP contribution >= 0.6 is 11.8 Å². The van der Waals surface area contributed by atoms with E-state index in [2.05, 4.69) is 34.5 Å². The molecule has 1 aliphatic rings. The number of thioether (sulfide) groups is 1. The molecule has 0 spiro atoms. The Labute approximate surface area is 106 Å². The van der Waals surface area contributed by atoms with Crippen molar-refractivity contribution in [1.82, 2.24) is 10.3 Å². The van der Waals surface area contributed by atoms with Crippen LogP contribution in [0, 0.1) is 0 Å². The summed E-state index contributed by atoms with van der Waals surface area (Å²) >= 11 is 1.86. The number of nitrogens with one attached hydrogen (secondary N) is 1. The number of nitrogens with zero attached hydrogens (tertiary/aromatic N) is 2. The van der Waals surface area contributed by atoms with Gasteiger partial charge in [-0.2, -0.15) is 11.8 Å². The quantitative estimate of drug-likeness (QED) is 0.890. The molecule has 0 saturated carbocycles. The van der Waals surface area contributed by atoms with E-state index in [0.717, 1.165) is 18.9 Å². The fourth-order valence-corrected chi connectivity index (χ4v) is 2.17. The summed E-state index contributed by atoms with van der Waals surface area (Å²) in [4.78, 5) is 8.56. The van der Waals surface area contributed by atoms with Gasteiger partial charge in [0.2, 0.25) is 0 Å². The molecule has 1 N–H and O–H groups in total. The summed E-state index contributed by atoms with van der Waals surface area (Å²) in [5.41, 5.74) is 2.40. The Balaban J connectivity index is 2.08. The summed E-state index contributed by atoms with van der Waals surface area (Å²) < 4.78 is 0. The normalized spacial score (nSPS) is 20.7. The van der Waals surface area contributed by atoms with Gasteiger partial charge in [-0.05, 0) is 42.5 Å². The third-order valence-electron chi connectivity index (χ3n) is 2.80. The van der Waals surface area contributed by atoms with Crippen LogP contribution in [0.1, 0.15) is 12.5 Å². The van der Waals surface area contributed by atoms with Crippen molar-refractivity contribution in [3.05, 3.63) is 36.2 Å². The number of hydrogen-bond acceptors (Lipinski definition) is 4. The van der Waals surface area contributed by atoms with Crippen LogP contribution in [0.4, 0.5) is 0 Å². The first kappa shape index (κ1) is 12.2. The smallest absolute Gasteiger partial charge is 0.121 e. The van der Waals surface area contributed by atoms with Gasteiger partial charge in [0.05, 0.1) is 6.54 Å². The lowest BCUT2D eigenvalue weighted by molar-refractivity contribution is 0.762. The number of aromatic nitrogens is 1. The van der Waals surface area contributed by atoms with Gasteiger partial charge in [0.25, 0.3) is 0 Å². The molecule has 17 heavy (non-hydrogen) atoms. The molecule has 3 nitrogen and oxygen atoms in total. The monoisotopic (exact) mass is 247 g/mol. The molecule has 0 bridgehead atoms. The molecule has 0 aliphatic carbocycles. The van der Waals surface area contributed by atoms with Gasteiger partial charge in [0.15, 0.2) is 0 Å². The largest absolute Gasteiger partial charge is 0.369 e. The predicted octanol–water partition coefficient (Wildman–Crippen LogP) is 2.22. The second-order valence-corrected chi connectivity index (χ2v) is 5.17. The maximum Gasteiger partial charge on any atom is 0.121 e. The van der Waals surface area contributed by atoms with E-state index in [4.69, 9.17) is 0 Å². The van der Waals surface area contributed by atoms with Gasteiger partial charge in [-0.1, -0.05) is 0 Å². The topological polar surface area (TPSA) is 37.3 Å². The minimum atomic E-state index is 0.605. The van der Waals surface area contributed by atoms with Gasteiger partial charge in [0.1, 0.15) is 5.84 Å². The Morgan fingerprint density at radius 1 is 1.47 bits per heavy atom. The van der Waals surface area contributed by atoms with Crippen molar-refractivity contribution in [3.63, 3.8) is 0 Å². The molecule has 4 heteroatoms. The van der Waals surface area contributed by atoms with Crippen molar-refractivity contribution in [2.75, 3.05) is 19.3 Å². The predicted molar refractivity (Wildman–Crippen MR) is 75.5 cm³/mol. The average Bonchev–Trinajstić information content (AvgIpc) is 2.40. The average molecular weight is 247 g/mol. The SMILES string of the molecule is CSC1CN=C(C=C(C)c2ccncc2)NC1. The summed E-state index contributed by atoms with van der Waals surface area (Å²) in [5, 5.41) is 3.96. The van der Waals surface area contributed by atoms with Crippen LogP contribution in [-0.4, -0.2) is 35.4 Å². The zero-order valence-corrected chi connectivity index (χ0v) is 11.0. The molecule has 2 rings (SSSR count). The van der Waals surface area contributed by atoms with Crippen molar-refractivity contribution in [3.8, 4) is 0 Å². The zero-order valence-electron chi connectivity index (χ0n) is 10.2. The molecule has 1 aliphatic heterocycles. The van der Waals surface area contributed by atoms with E-state index in [1.807, 2.05) is 36.3 Å². The number of hydrogen-bond donors (Lipinski definition) is 1. The van der Waals surface area contributed by atoms with Gasteiger partial charge >= 0.3 is 0 Å². The van der Waals surface area contributed by atoms with Crippen LogP contribution in [0.2, 0.25) is 0 Å². The Hall–Kier alpha value is -1.29. The summed E-state index contributed by atoms with van der Waals surface area (Å²) in [5.74, 6) is 0.990. The number of amidine groups is 1. The molecule has 1 aromatic rings. The molecule has 0 aromatic carbocycles. The van der Waals surface area contributed by atoms with E-state index in [0.29, 0.717) is 5.25 Å². The Bertz CT molecular complexity index is 426. The minimum Gasteiger partial charge on any atom is -0.369 e. The van der Waals surface area contributed by atoms with Crippen LogP contribution in [0.25, 0.3) is 5.57 Å². The van der Waals surface area contributed by atoms with Crippen LogP contribution in [0.15, 0.2) is 35.6 Å². The van der Waals surface area contributed by atoms with Crippen molar-refractivity contribution in [1.29, 1.82) is 0 Å². The summed E-state index contributed by atoms with van der Waals surface area (Å²) in [6.07, 6.45) is 7.86. The molecule has 1 unspecified atom stereocenters. The maximum absolute atomic E-state index is 4.54. The first-order valence-corrected chi connectivity index (χ1v) is 6.98. The summed E-state index contributed by atoms with van der Waals surface area (Å²) in [6.45, 7) is 4.00. The van der Waals surface area contributed by atoms with E-state index in [9.17, 15) is 0 Å². The van der Waals surface area contributed by atoms with E-state index in [1.54, 1.807) is 0 Å². The first-order chi connectivity index (χ1) is 8.29. The Kier molecular flexibility index (Phi) is 4.20. The number of pyridine rings is 1. The van der Waals surface area contributed by atoms with Crippen LogP contribution in [-0.2, 0) is 0 Å². The Morgan fingerprint density at radius 3 is 2.82 bits per heavy atom. The molecule has 2 heterocycles. The molecule has 0 fully saturated rings. The second-order valence-electron chi connectivity index (χ2n) is 4.03. The van der Waals surface area contributed by atoms with Gasteiger partial charge in [0, 0.05) is 24.2 Å². The molecule has 90 valence electrons. The highest BCUT2D eigenvalue weighted by Gasteiger charge is 2.12. The fourth-order valence-electron chi connectivity index (χ4n) is 1.70. The zero-order chi connectivity index (χ0) is 12.1. The third kappa shape index (κ3) is 3.33. The standard InChI is InChI=1S/C13H17N3S/c1-10(11-3-5-14-6-4-11)7-13-15-8-12(17-2)9-16-13/h3-7,12H,8-9H2,1-2H3,(H,15,16). The third-order valence-corrected chi connectivity index (χ3v) is 3.78. The molecule has 0 amide bonds. The van der Waals surface area contributed by atoms with E-state index >= 15 is 0 Å². The summed E-state index contributed by atoms with van der Waals surface area (Å²) in [6, 6.07) is 4.03. The van der Waals surface area contributed by atoms with Gasteiger partial charge in [-0.3, -0.25) is 9.98 Å². The summed E-state index contributed by atoms with van der Waals surface area (Å²) in [7, 11) is 0. The van der Waals surface area contributed by atoms with E-state index in [1.165, 1.54) is 11.1 Å². The van der Waals surface area contributed by atoms with E-state index < -0.39 is 0 Å². The molecule has 0 saturated heterocycles. The fraction of sp³-hybridized carbons (Fsp3) is 0.385. The van der Waals surface area contributed by atoms with Crippen molar-refractivity contribution in [2.24, 2.45) is 4.99 Å². The lowest BCUT2D eigenvalue weighted by atomic mass is 10.1. The highest BCUT2D eigenvalue weighted by Crippen LogP contribution is 2.13. The van der Waals surface area contributed by atoms with Crippen molar-refractivity contribution < 1.29 is 0 Å². The van der Waals surface area contributed by atoms with E-state index in [-0.39, 0.29) is 0 Å². The number of aliphatic imine (C=N–C) groups is 1. The van der Waals surface area contributed by atoms with Crippen molar-refractivity contribution in [2.45, 2.75) is 12.2 Å². The minimum absolute atomic E-state index is 0.605. The molecule has 1 atom stereocenters. The highest BCUT2D eigenvalue weighted by molar-refractivity contribution is 7.99. The van der Waals surface area contributed by atoms with Crippen LogP contribution in [0.5, 0.6) is 0 Å². The molecular weight excluding hydrogens is 230 g/mol. The Morgan fingerprint density at radius 2 is 2.24 bits per heavy atom. The molecule has 0 radical (unpaired) electrons. The second kappa shape index (κ2) is 5.87. The molecule has 1 aromatic heterocycles. The van der Waals surface area contributed by atoms with Crippen LogP contribution < -0.4 is 5.32 Å². The lowest BCUT2D eigenvalue weighted by Crippen LogP contribution is -2.36. The molecular formula is C13H17N3S. The number of rotatable bonds is 3. The van der Waals surface area contributed by atoms with Gasteiger partial charge < -0.3 is 5.32 Å². The van der Waals surface area contributed by atoms with Gasteiger partial charge in [-0.15, -0.1) is 0 Å². The van der Waals surface area contributed by atoms with Crippen molar-refractivity contribution >= 4 is 23.2 Å². The first-order valence-electron chi connectivity index (χ1n) is 5.69. The number of allylic oxidation sites excluding steroid dienone is 1. The maximum atomic E-state index is 4.54. The van der Waals surface area contributed by atoms with Gasteiger partial charge in [-0.25, -0.2) is 0 Å².